The van der Waals surface area contributed by atoms with Gasteiger partial charge in [0.25, 0.3) is 0 Å². The van der Waals surface area contributed by atoms with Gasteiger partial charge < -0.3 is 13.4 Å². The number of benzene rings is 7. The van der Waals surface area contributed by atoms with Gasteiger partial charge in [-0.2, -0.15) is 4.98 Å². The smallest absolute Gasteiger partial charge is 0.307 e. The fourth-order valence-corrected chi connectivity index (χ4v) is 7.66. The van der Waals surface area contributed by atoms with Crippen LogP contribution in [0.4, 0.5) is 0 Å². The van der Waals surface area contributed by atoms with Crippen LogP contribution in [0.15, 0.2) is 148 Å². The van der Waals surface area contributed by atoms with Gasteiger partial charge in [-0.25, -0.2) is 0 Å². The third-order valence-corrected chi connectivity index (χ3v) is 9.55. The monoisotopic (exact) mass is 589 g/mol. The summed E-state index contributed by atoms with van der Waals surface area (Å²) >= 11 is 0. The third-order valence-electron chi connectivity index (χ3n) is 9.55. The summed E-state index contributed by atoms with van der Waals surface area (Å²) in [5, 5.41) is 9.08. The number of oxazole rings is 1. The molecular weight excluding hydrogens is 566 g/mol. The topological polar surface area (TPSA) is 49.0 Å². The van der Waals surface area contributed by atoms with Crippen molar-refractivity contribution in [1.29, 1.82) is 0 Å². The molecule has 0 spiro atoms. The van der Waals surface area contributed by atoms with Crippen LogP contribution in [0.2, 0.25) is 0 Å². The number of furan rings is 1. The predicted molar refractivity (Wildman–Crippen MR) is 187 cm³/mol. The Morgan fingerprint density at radius 2 is 0.957 bits per heavy atom. The first-order chi connectivity index (χ1) is 22.8. The van der Waals surface area contributed by atoms with Crippen LogP contribution in [0.3, 0.4) is 0 Å². The van der Waals surface area contributed by atoms with Gasteiger partial charge in [0.15, 0.2) is 5.58 Å². The average Bonchev–Trinajstić information content (AvgIpc) is 3.87. The highest BCUT2D eigenvalue weighted by atomic mass is 16.4. The Bertz CT molecular complexity index is 2990. The highest BCUT2D eigenvalue weighted by Crippen LogP contribution is 2.43. The highest BCUT2D eigenvalue weighted by Gasteiger charge is 2.23. The lowest BCUT2D eigenvalue weighted by Gasteiger charge is -2.14. The molecule has 11 rings (SSSR count). The molecule has 0 unspecified atom stereocenters. The van der Waals surface area contributed by atoms with E-state index in [1.54, 1.807) is 0 Å². The molecule has 7 aromatic carbocycles. The van der Waals surface area contributed by atoms with Crippen molar-refractivity contribution in [3.05, 3.63) is 140 Å². The molecule has 0 radical (unpaired) electrons. The molecule has 0 fully saturated rings. The van der Waals surface area contributed by atoms with E-state index in [4.69, 9.17) is 13.8 Å². The van der Waals surface area contributed by atoms with Crippen LogP contribution in [0.25, 0.3) is 99.1 Å². The molecule has 11 aromatic rings. The molecule has 0 saturated carbocycles. The summed E-state index contributed by atoms with van der Waals surface area (Å²) in [5.74, 6) is 0. The molecule has 0 amide bonds. The third kappa shape index (κ3) is 3.01. The van der Waals surface area contributed by atoms with Crippen molar-refractivity contribution in [2.24, 2.45) is 0 Å². The molecule has 0 aliphatic carbocycles. The summed E-state index contributed by atoms with van der Waals surface area (Å²) in [4.78, 5) is 5.20. The van der Waals surface area contributed by atoms with E-state index in [1.807, 2.05) is 30.3 Å². The molecule has 4 heterocycles. The quantitative estimate of drug-likeness (QED) is 0.202. The molecule has 46 heavy (non-hydrogen) atoms. The molecule has 5 nitrogen and oxygen atoms in total. The zero-order chi connectivity index (χ0) is 29.9. The van der Waals surface area contributed by atoms with Crippen molar-refractivity contribution in [3.63, 3.8) is 0 Å². The van der Waals surface area contributed by atoms with Gasteiger partial charge >= 0.3 is 6.01 Å². The number of aromatic nitrogens is 3. The van der Waals surface area contributed by atoms with Crippen molar-refractivity contribution in [2.75, 3.05) is 0 Å². The van der Waals surface area contributed by atoms with Crippen molar-refractivity contribution in [1.82, 2.24) is 14.1 Å². The second kappa shape index (κ2) is 8.65. The molecule has 0 aliphatic rings. The van der Waals surface area contributed by atoms with E-state index in [9.17, 15) is 0 Å². The van der Waals surface area contributed by atoms with Gasteiger partial charge in [-0.1, -0.05) is 97.1 Å². The van der Waals surface area contributed by atoms with E-state index < -0.39 is 0 Å². The fraction of sp³-hybridized carbons (Fsp3) is 0. The maximum atomic E-state index is 6.63. The van der Waals surface area contributed by atoms with Crippen molar-refractivity contribution in [3.8, 4) is 11.7 Å². The number of hydrogen-bond donors (Lipinski definition) is 0. The number of para-hydroxylation sites is 4. The van der Waals surface area contributed by atoms with Gasteiger partial charge in [-0.3, -0.25) is 4.57 Å². The minimum atomic E-state index is 0.536. The lowest BCUT2D eigenvalue weighted by Crippen LogP contribution is -1.98. The summed E-state index contributed by atoms with van der Waals surface area (Å²) in [6.45, 7) is 0. The highest BCUT2D eigenvalue weighted by molar-refractivity contribution is 6.22. The van der Waals surface area contributed by atoms with Crippen LogP contribution in [-0.2, 0) is 0 Å². The van der Waals surface area contributed by atoms with Gasteiger partial charge in [0.05, 0.1) is 33.1 Å². The van der Waals surface area contributed by atoms with Crippen LogP contribution >= 0.6 is 0 Å². The van der Waals surface area contributed by atoms with Crippen molar-refractivity contribution >= 4 is 87.4 Å². The molecule has 4 aromatic heterocycles. The van der Waals surface area contributed by atoms with Crippen LogP contribution < -0.4 is 0 Å². The molecule has 0 aliphatic heterocycles. The lowest BCUT2D eigenvalue weighted by molar-refractivity contribution is 0.574. The predicted octanol–water partition coefficient (Wildman–Crippen LogP) is 11.1. The molecule has 0 atom stereocenters. The van der Waals surface area contributed by atoms with Gasteiger partial charge in [-0.15, -0.1) is 0 Å². The summed E-state index contributed by atoms with van der Waals surface area (Å²) in [6, 6.07) is 49.5. The fourth-order valence-electron chi connectivity index (χ4n) is 7.66. The normalized spacial score (nSPS) is 12.3. The van der Waals surface area contributed by atoms with E-state index in [1.165, 1.54) is 21.8 Å². The van der Waals surface area contributed by atoms with E-state index in [2.05, 4.69) is 118 Å². The summed E-state index contributed by atoms with van der Waals surface area (Å²) in [5.41, 5.74) is 8.81. The van der Waals surface area contributed by atoms with E-state index in [0.717, 1.165) is 71.3 Å². The van der Waals surface area contributed by atoms with Crippen molar-refractivity contribution < 1.29 is 8.83 Å². The summed E-state index contributed by atoms with van der Waals surface area (Å²) in [7, 11) is 0. The Hall–Kier alpha value is -6.33. The Labute approximate surface area is 261 Å². The summed E-state index contributed by atoms with van der Waals surface area (Å²) in [6.07, 6.45) is 0. The minimum Gasteiger partial charge on any atom is -0.456 e. The average molecular weight is 590 g/mol. The van der Waals surface area contributed by atoms with Crippen LogP contribution in [0, 0.1) is 0 Å². The van der Waals surface area contributed by atoms with Gasteiger partial charge in [0.1, 0.15) is 16.7 Å². The molecule has 0 N–H and O–H groups in total. The van der Waals surface area contributed by atoms with Crippen LogP contribution in [0.1, 0.15) is 0 Å². The van der Waals surface area contributed by atoms with Crippen LogP contribution in [-0.4, -0.2) is 14.1 Å². The number of hydrogen-bond acceptors (Lipinski definition) is 3. The van der Waals surface area contributed by atoms with E-state index in [0.29, 0.717) is 6.01 Å². The van der Waals surface area contributed by atoms with E-state index in [-0.39, 0.29) is 0 Å². The Morgan fingerprint density at radius 1 is 0.413 bits per heavy atom. The molecule has 214 valence electrons. The molecule has 0 bridgehead atoms. The first-order valence-corrected chi connectivity index (χ1v) is 15.5. The van der Waals surface area contributed by atoms with Gasteiger partial charge in [0, 0.05) is 37.7 Å². The maximum Gasteiger partial charge on any atom is 0.307 e. The standard InChI is InChI=1S/C41H23N3O2/c1-2-15-28-26(13-1)34(43-31-17-7-3-11-24(31)25-12-4-8-18-32(25)43)23-30-27-14-5-9-19-33(27)44(40(28)30)41-42-39-37(46-41)22-21-36-38(39)29-16-6-10-20-35(29)45-36/h1-23H. The van der Waals surface area contributed by atoms with Crippen molar-refractivity contribution in [2.45, 2.75) is 0 Å². The molecule has 5 heteroatoms. The first-order valence-electron chi connectivity index (χ1n) is 15.5. The Morgan fingerprint density at radius 3 is 1.67 bits per heavy atom. The zero-order valence-electron chi connectivity index (χ0n) is 24.4. The SMILES string of the molecule is c1ccc2c(c1)oc1ccc3oc(-n4c5ccccc5c5cc(-n6c7ccccc7c7ccccc76)c6ccccc6c54)nc3c12. The Kier molecular flexibility index (Phi) is 4.52. The van der Waals surface area contributed by atoms with Gasteiger partial charge in [-0.05, 0) is 42.5 Å². The molecule has 0 saturated heterocycles. The molecular formula is C41H23N3O2. The zero-order valence-corrected chi connectivity index (χ0v) is 24.4. The van der Waals surface area contributed by atoms with Gasteiger partial charge in [0.2, 0.25) is 0 Å². The lowest BCUT2D eigenvalue weighted by atomic mass is 10.0. The minimum absolute atomic E-state index is 0.536. The second-order valence-electron chi connectivity index (χ2n) is 11.9. The van der Waals surface area contributed by atoms with Crippen LogP contribution in [0.5, 0.6) is 0 Å². The van der Waals surface area contributed by atoms with E-state index >= 15 is 0 Å². The largest absolute Gasteiger partial charge is 0.456 e. The summed E-state index contributed by atoms with van der Waals surface area (Å²) < 4.78 is 17.4. The maximum absolute atomic E-state index is 6.63. The number of fused-ring (bicyclic) bond motifs is 13. The number of rotatable bonds is 2. The second-order valence-corrected chi connectivity index (χ2v) is 11.9. The first kappa shape index (κ1) is 24.0. The number of nitrogens with zero attached hydrogens (tertiary/aromatic N) is 3. The Balaban J connectivity index is 1.29.